The van der Waals surface area contributed by atoms with Gasteiger partial charge in [-0.05, 0) is 67.4 Å². The van der Waals surface area contributed by atoms with E-state index in [9.17, 15) is 9.90 Å². The quantitative estimate of drug-likeness (QED) is 0.430. The van der Waals surface area contributed by atoms with Crippen LogP contribution in [0.15, 0.2) is 71.8 Å². The Balaban J connectivity index is 1.64. The zero-order valence-electron chi connectivity index (χ0n) is 17.0. The van der Waals surface area contributed by atoms with Crippen LogP contribution < -0.4 is 14.9 Å². The zero-order valence-corrected chi connectivity index (χ0v) is 17.0. The Kier molecular flexibility index (Phi) is 7.05. The number of phenols is 1. The summed E-state index contributed by atoms with van der Waals surface area (Å²) in [6, 6.07) is 19.6. The fraction of sp³-hybridized carbons (Fsp3) is 0.167. The maximum atomic E-state index is 12.1. The standard InChI is InChI=1S/C24H24N2O4/c1-3-29-23-14-19(15-25-26-24(28)20-9-11-21(27)12-10-20)8-13-22(23)30-16-18-6-4-17(2)5-7-18/h4-15,27H,3,16H2,1-2H3,(H,26,28)/b25-15-. The number of carbonyl (C=O) groups excluding carboxylic acids is 1. The first-order chi connectivity index (χ1) is 14.5. The molecule has 0 aliphatic carbocycles. The normalized spacial score (nSPS) is 10.7. The molecule has 0 spiro atoms. The van der Waals surface area contributed by atoms with Crippen LogP contribution in [0.25, 0.3) is 0 Å². The molecular formula is C24H24N2O4. The summed E-state index contributed by atoms with van der Waals surface area (Å²) in [5, 5.41) is 13.3. The van der Waals surface area contributed by atoms with E-state index < -0.39 is 0 Å². The monoisotopic (exact) mass is 404 g/mol. The van der Waals surface area contributed by atoms with Crippen LogP contribution in [-0.2, 0) is 6.61 Å². The van der Waals surface area contributed by atoms with Crippen LogP contribution in [0, 0.1) is 6.92 Å². The van der Waals surface area contributed by atoms with Gasteiger partial charge in [0.15, 0.2) is 11.5 Å². The number of aryl methyl sites for hydroxylation is 1. The molecule has 0 bridgehead atoms. The Morgan fingerprint density at radius 2 is 1.73 bits per heavy atom. The fourth-order valence-corrected chi connectivity index (χ4v) is 2.68. The van der Waals surface area contributed by atoms with Crippen LogP contribution in [0.2, 0.25) is 0 Å². The van der Waals surface area contributed by atoms with E-state index in [0.29, 0.717) is 30.3 Å². The maximum Gasteiger partial charge on any atom is 0.271 e. The molecule has 6 nitrogen and oxygen atoms in total. The van der Waals surface area contributed by atoms with Gasteiger partial charge < -0.3 is 14.6 Å². The molecule has 3 aromatic carbocycles. The van der Waals surface area contributed by atoms with Crippen LogP contribution in [0.1, 0.15) is 34.0 Å². The van der Waals surface area contributed by atoms with Gasteiger partial charge in [-0.2, -0.15) is 5.10 Å². The van der Waals surface area contributed by atoms with Crippen molar-refractivity contribution in [3.05, 3.63) is 89.0 Å². The second kappa shape index (κ2) is 10.1. The van der Waals surface area contributed by atoms with Crippen molar-refractivity contribution in [3.8, 4) is 17.2 Å². The Morgan fingerprint density at radius 1 is 1.00 bits per heavy atom. The van der Waals surface area contributed by atoms with Crippen molar-refractivity contribution in [1.82, 2.24) is 5.43 Å². The number of benzene rings is 3. The van der Waals surface area contributed by atoms with Crippen LogP contribution in [0.4, 0.5) is 0 Å². The lowest BCUT2D eigenvalue weighted by Gasteiger charge is -2.12. The number of amides is 1. The van der Waals surface area contributed by atoms with Gasteiger partial charge in [0, 0.05) is 5.56 Å². The first-order valence-corrected chi connectivity index (χ1v) is 9.63. The molecule has 0 aliphatic rings. The Morgan fingerprint density at radius 3 is 2.43 bits per heavy atom. The molecule has 30 heavy (non-hydrogen) atoms. The fourth-order valence-electron chi connectivity index (χ4n) is 2.68. The lowest BCUT2D eigenvalue weighted by molar-refractivity contribution is 0.0955. The maximum absolute atomic E-state index is 12.1. The highest BCUT2D eigenvalue weighted by molar-refractivity contribution is 5.95. The third-order valence-corrected chi connectivity index (χ3v) is 4.29. The summed E-state index contributed by atoms with van der Waals surface area (Å²) in [4.78, 5) is 12.1. The predicted molar refractivity (Wildman–Crippen MR) is 116 cm³/mol. The molecule has 154 valence electrons. The molecule has 1 amide bonds. The van der Waals surface area contributed by atoms with Crippen LogP contribution in [0.3, 0.4) is 0 Å². The Bertz CT molecular complexity index is 1010. The average Bonchev–Trinajstić information content (AvgIpc) is 2.75. The minimum atomic E-state index is -0.366. The number of hydrogen-bond donors (Lipinski definition) is 2. The predicted octanol–water partition coefficient (Wildman–Crippen LogP) is 4.44. The second-order valence-electron chi connectivity index (χ2n) is 6.66. The largest absolute Gasteiger partial charge is 0.508 e. The van der Waals surface area contributed by atoms with Crippen molar-refractivity contribution in [2.75, 3.05) is 6.61 Å². The molecule has 0 fully saturated rings. The van der Waals surface area contributed by atoms with Crippen molar-refractivity contribution in [1.29, 1.82) is 0 Å². The van der Waals surface area contributed by atoms with Crippen molar-refractivity contribution in [3.63, 3.8) is 0 Å². The van der Waals surface area contributed by atoms with Crippen molar-refractivity contribution in [2.24, 2.45) is 5.10 Å². The number of nitrogens with one attached hydrogen (secondary N) is 1. The van der Waals surface area contributed by atoms with Crippen LogP contribution in [0.5, 0.6) is 17.2 Å². The number of aromatic hydroxyl groups is 1. The highest BCUT2D eigenvalue weighted by atomic mass is 16.5. The van der Waals surface area contributed by atoms with E-state index in [1.165, 1.54) is 36.0 Å². The van der Waals surface area contributed by atoms with Crippen molar-refractivity contribution < 1.29 is 19.4 Å². The van der Waals surface area contributed by atoms with E-state index in [1.807, 2.05) is 56.3 Å². The molecule has 0 heterocycles. The van der Waals surface area contributed by atoms with Gasteiger partial charge in [-0.1, -0.05) is 29.8 Å². The molecule has 3 rings (SSSR count). The number of phenolic OH excluding ortho intramolecular Hbond substituents is 1. The van der Waals surface area contributed by atoms with Gasteiger partial charge in [0.25, 0.3) is 5.91 Å². The van der Waals surface area contributed by atoms with Gasteiger partial charge >= 0.3 is 0 Å². The lowest BCUT2D eigenvalue weighted by Crippen LogP contribution is -2.17. The molecule has 0 unspecified atom stereocenters. The summed E-state index contributed by atoms with van der Waals surface area (Å²) in [5.41, 5.74) is 5.90. The Labute approximate surface area is 175 Å². The van der Waals surface area contributed by atoms with Gasteiger partial charge in [-0.3, -0.25) is 4.79 Å². The third-order valence-electron chi connectivity index (χ3n) is 4.29. The van der Waals surface area contributed by atoms with E-state index in [0.717, 1.165) is 11.1 Å². The molecule has 0 radical (unpaired) electrons. The lowest BCUT2D eigenvalue weighted by atomic mass is 10.2. The number of nitrogens with zero attached hydrogens (tertiary/aromatic N) is 1. The van der Waals surface area contributed by atoms with E-state index >= 15 is 0 Å². The van der Waals surface area contributed by atoms with E-state index in [2.05, 4.69) is 10.5 Å². The molecule has 6 heteroatoms. The zero-order chi connectivity index (χ0) is 21.3. The molecule has 0 saturated heterocycles. The summed E-state index contributed by atoms with van der Waals surface area (Å²) in [6.07, 6.45) is 1.53. The summed E-state index contributed by atoms with van der Waals surface area (Å²) in [6.45, 7) is 4.89. The average molecular weight is 404 g/mol. The molecule has 0 aliphatic heterocycles. The van der Waals surface area contributed by atoms with Gasteiger partial charge in [-0.15, -0.1) is 0 Å². The van der Waals surface area contributed by atoms with Gasteiger partial charge in [0.1, 0.15) is 12.4 Å². The van der Waals surface area contributed by atoms with Crippen molar-refractivity contribution >= 4 is 12.1 Å². The van der Waals surface area contributed by atoms with Gasteiger partial charge in [0.05, 0.1) is 12.8 Å². The molecule has 0 saturated carbocycles. The van der Waals surface area contributed by atoms with E-state index in [-0.39, 0.29) is 11.7 Å². The minimum Gasteiger partial charge on any atom is -0.508 e. The van der Waals surface area contributed by atoms with Crippen LogP contribution in [-0.4, -0.2) is 23.8 Å². The van der Waals surface area contributed by atoms with Gasteiger partial charge in [0.2, 0.25) is 0 Å². The Hall–Kier alpha value is -3.80. The molecular weight excluding hydrogens is 380 g/mol. The first-order valence-electron chi connectivity index (χ1n) is 9.63. The number of carbonyl (C=O) groups is 1. The minimum absolute atomic E-state index is 0.100. The van der Waals surface area contributed by atoms with Gasteiger partial charge in [-0.25, -0.2) is 5.43 Å². The smallest absolute Gasteiger partial charge is 0.271 e. The highest BCUT2D eigenvalue weighted by Gasteiger charge is 2.07. The molecule has 0 aromatic heterocycles. The van der Waals surface area contributed by atoms with Crippen molar-refractivity contribution in [2.45, 2.75) is 20.5 Å². The summed E-state index contributed by atoms with van der Waals surface area (Å²) < 4.78 is 11.6. The highest BCUT2D eigenvalue weighted by Crippen LogP contribution is 2.29. The topological polar surface area (TPSA) is 80.2 Å². The summed E-state index contributed by atoms with van der Waals surface area (Å²) >= 11 is 0. The number of hydrogen-bond acceptors (Lipinski definition) is 5. The van der Waals surface area contributed by atoms with E-state index in [4.69, 9.17) is 9.47 Å². The molecule has 0 atom stereocenters. The number of hydrazone groups is 1. The summed E-state index contributed by atoms with van der Waals surface area (Å²) in [5.74, 6) is 0.985. The number of rotatable bonds is 8. The number of ether oxygens (including phenoxy) is 2. The van der Waals surface area contributed by atoms with E-state index in [1.54, 1.807) is 0 Å². The van der Waals surface area contributed by atoms with Crippen LogP contribution >= 0.6 is 0 Å². The SMILES string of the molecule is CCOc1cc(/C=N\NC(=O)c2ccc(O)cc2)ccc1OCc1ccc(C)cc1. The first kappa shape index (κ1) is 20.9. The second-order valence-corrected chi connectivity index (χ2v) is 6.66. The summed E-state index contributed by atoms with van der Waals surface area (Å²) in [7, 11) is 0. The molecule has 3 aromatic rings. The third kappa shape index (κ3) is 5.85. The molecule has 2 N–H and O–H groups in total.